The van der Waals surface area contributed by atoms with Crippen molar-refractivity contribution in [2.24, 2.45) is 7.05 Å². The van der Waals surface area contributed by atoms with Gasteiger partial charge < -0.3 is 5.32 Å². The van der Waals surface area contributed by atoms with Crippen LogP contribution in [0.4, 0.5) is 0 Å². The maximum atomic E-state index is 12.4. The van der Waals surface area contributed by atoms with Gasteiger partial charge in [0.15, 0.2) is 0 Å². The molecule has 0 aliphatic rings. The Morgan fingerprint density at radius 3 is 2.68 bits per heavy atom. The van der Waals surface area contributed by atoms with E-state index in [4.69, 9.17) is 11.6 Å². The Morgan fingerprint density at radius 1 is 1.37 bits per heavy atom. The standard InChI is InChI=1S/C13H16ClN3O2/c1-8(15-2)7-17-12(18)10-6-9(14)4-5-11(10)16(3)13(17)19/h4-6,8,15H,7H2,1-3H3. The van der Waals surface area contributed by atoms with Crippen LogP contribution in [0.15, 0.2) is 27.8 Å². The molecule has 0 aliphatic heterocycles. The summed E-state index contributed by atoms with van der Waals surface area (Å²) in [6.45, 7) is 2.23. The molecule has 1 aromatic carbocycles. The Morgan fingerprint density at radius 2 is 2.05 bits per heavy atom. The predicted molar refractivity (Wildman–Crippen MR) is 77.0 cm³/mol. The summed E-state index contributed by atoms with van der Waals surface area (Å²) in [6.07, 6.45) is 0. The molecule has 6 heteroatoms. The Kier molecular flexibility index (Phi) is 3.78. The number of nitrogens with one attached hydrogen (secondary N) is 1. The molecule has 19 heavy (non-hydrogen) atoms. The third kappa shape index (κ3) is 2.43. The number of hydrogen-bond donors (Lipinski definition) is 1. The van der Waals surface area contributed by atoms with Crippen molar-refractivity contribution < 1.29 is 0 Å². The van der Waals surface area contributed by atoms with Crippen LogP contribution >= 0.6 is 11.6 Å². The molecule has 0 fully saturated rings. The second-order valence-electron chi connectivity index (χ2n) is 4.61. The van der Waals surface area contributed by atoms with Gasteiger partial charge >= 0.3 is 5.69 Å². The average molecular weight is 282 g/mol. The first-order valence-electron chi connectivity index (χ1n) is 6.02. The summed E-state index contributed by atoms with van der Waals surface area (Å²) in [5.41, 5.74) is -0.0302. The van der Waals surface area contributed by atoms with Gasteiger partial charge in [-0.15, -0.1) is 0 Å². The summed E-state index contributed by atoms with van der Waals surface area (Å²) in [5, 5.41) is 3.95. The van der Waals surface area contributed by atoms with E-state index in [1.165, 1.54) is 9.13 Å². The van der Waals surface area contributed by atoms with E-state index in [9.17, 15) is 9.59 Å². The van der Waals surface area contributed by atoms with E-state index >= 15 is 0 Å². The van der Waals surface area contributed by atoms with Crippen molar-refractivity contribution in [3.63, 3.8) is 0 Å². The van der Waals surface area contributed by atoms with Gasteiger partial charge in [0.1, 0.15) is 0 Å². The van der Waals surface area contributed by atoms with Crippen LogP contribution in [-0.2, 0) is 13.6 Å². The number of rotatable bonds is 3. The Bertz CT molecular complexity index is 733. The minimum Gasteiger partial charge on any atom is -0.315 e. The number of halogens is 1. The zero-order valence-electron chi connectivity index (χ0n) is 11.1. The molecule has 1 atom stereocenters. The molecule has 1 N–H and O–H groups in total. The van der Waals surface area contributed by atoms with Crippen LogP contribution in [0.2, 0.25) is 5.02 Å². The highest BCUT2D eigenvalue weighted by Gasteiger charge is 2.12. The number of hydrogen-bond acceptors (Lipinski definition) is 3. The lowest BCUT2D eigenvalue weighted by atomic mass is 10.2. The van der Waals surface area contributed by atoms with Crippen molar-refractivity contribution in [2.45, 2.75) is 19.5 Å². The highest BCUT2D eigenvalue weighted by atomic mass is 35.5. The molecule has 0 bridgehead atoms. The van der Waals surface area contributed by atoms with Crippen LogP contribution in [0.25, 0.3) is 10.9 Å². The molecule has 2 rings (SSSR count). The molecule has 2 aromatic rings. The topological polar surface area (TPSA) is 56.0 Å². The monoisotopic (exact) mass is 281 g/mol. The average Bonchev–Trinajstić information content (AvgIpc) is 2.40. The minimum atomic E-state index is -0.318. The molecule has 0 radical (unpaired) electrons. The Balaban J connectivity index is 2.79. The van der Waals surface area contributed by atoms with E-state index in [1.54, 1.807) is 32.3 Å². The van der Waals surface area contributed by atoms with Crippen molar-refractivity contribution in [1.82, 2.24) is 14.5 Å². The molecule has 0 amide bonds. The van der Waals surface area contributed by atoms with Crippen LogP contribution < -0.4 is 16.6 Å². The van der Waals surface area contributed by atoms with Gasteiger partial charge in [-0.05, 0) is 32.2 Å². The van der Waals surface area contributed by atoms with Gasteiger partial charge in [0.25, 0.3) is 5.56 Å². The molecule has 1 unspecified atom stereocenters. The number of likely N-dealkylation sites (N-methyl/N-ethyl adjacent to an activating group) is 1. The van der Waals surface area contributed by atoms with E-state index in [2.05, 4.69) is 5.32 Å². The SMILES string of the molecule is CNC(C)Cn1c(=O)c2cc(Cl)ccc2n(C)c1=O. The largest absolute Gasteiger partial charge is 0.331 e. The summed E-state index contributed by atoms with van der Waals surface area (Å²) in [5.74, 6) is 0. The van der Waals surface area contributed by atoms with Crippen LogP contribution in [0.5, 0.6) is 0 Å². The predicted octanol–water partition coefficient (Wildman–Crippen LogP) is 0.961. The van der Waals surface area contributed by atoms with Gasteiger partial charge in [-0.3, -0.25) is 13.9 Å². The molecule has 102 valence electrons. The second kappa shape index (κ2) is 5.19. The number of benzene rings is 1. The first-order valence-corrected chi connectivity index (χ1v) is 6.40. The number of nitrogens with zero attached hydrogens (tertiary/aromatic N) is 2. The van der Waals surface area contributed by atoms with Crippen LogP contribution in [0.3, 0.4) is 0 Å². The lowest BCUT2D eigenvalue weighted by Crippen LogP contribution is -2.43. The van der Waals surface area contributed by atoms with E-state index < -0.39 is 0 Å². The van der Waals surface area contributed by atoms with E-state index in [-0.39, 0.29) is 17.3 Å². The molecular weight excluding hydrogens is 266 g/mol. The van der Waals surface area contributed by atoms with Crippen molar-refractivity contribution >= 4 is 22.5 Å². The van der Waals surface area contributed by atoms with Crippen LogP contribution in [-0.4, -0.2) is 22.2 Å². The van der Waals surface area contributed by atoms with Crippen LogP contribution in [0, 0.1) is 0 Å². The molecular formula is C13H16ClN3O2. The zero-order chi connectivity index (χ0) is 14.2. The molecule has 0 aliphatic carbocycles. The molecule has 0 spiro atoms. The van der Waals surface area contributed by atoms with Gasteiger partial charge in [0.05, 0.1) is 10.9 Å². The third-order valence-electron chi connectivity index (χ3n) is 3.26. The lowest BCUT2D eigenvalue weighted by Gasteiger charge is -2.14. The van der Waals surface area contributed by atoms with Crippen molar-refractivity contribution in [2.75, 3.05) is 7.05 Å². The number of aromatic nitrogens is 2. The molecule has 0 saturated heterocycles. The van der Waals surface area contributed by atoms with Crippen molar-refractivity contribution in [1.29, 1.82) is 0 Å². The van der Waals surface area contributed by atoms with Gasteiger partial charge in [-0.1, -0.05) is 11.6 Å². The third-order valence-corrected chi connectivity index (χ3v) is 3.50. The zero-order valence-corrected chi connectivity index (χ0v) is 11.9. The molecule has 5 nitrogen and oxygen atoms in total. The Hall–Kier alpha value is -1.59. The fourth-order valence-corrected chi connectivity index (χ4v) is 2.19. The first-order chi connectivity index (χ1) is 8.95. The van der Waals surface area contributed by atoms with E-state index in [0.717, 1.165) is 0 Å². The quantitative estimate of drug-likeness (QED) is 0.912. The number of fused-ring (bicyclic) bond motifs is 1. The molecule has 1 aromatic heterocycles. The summed E-state index contributed by atoms with van der Waals surface area (Å²) < 4.78 is 2.70. The molecule has 1 heterocycles. The normalized spacial score (nSPS) is 12.8. The van der Waals surface area contributed by atoms with E-state index in [1.807, 2.05) is 6.92 Å². The smallest absolute Gasteiger partial charge is 0.315 e. The van der Waals surface area contributed by atoms with E-state index in [0.29, 0.717) is 22.5 Å². The highest BCUT2D eigenvalue weighted by Crippen LogP contribution is 2.14. The van der Waals surface area contributed by atoms with Gasteiger partial charge in [-0.25, -0.2) is 4.79 Å². The van der Waals surface area contributed by atoms with Crippen LogP contribution in [0.1, 0.15) is 6.92 Å². The summed E-state index contributed by atoms with van der Waals surface area (Å²) >= 11 is 5.92. The summed E-state index contributed by atoms with van der Waals surface area (Å²) in [4.78, 5) is 24.6. The summed E-state index contributed by atoms with van der Waals surface area (Å²) in [6, 6.07) is 4.98. The maximum absolute atomic E-state index is 12.4. The minimum absolute atomic E-state index is 0.0297. The number of aryl methyl sites for hydroxylation is 1. The van der Waals surface area contributed by atoms with Crippen molar-refractivity contribution in [3.05, 3.63) is 44.1 Å². The Labute approximate surface area is 115 Å². The van der Waals surface area contributed by atoms with Gasteiger partial charge in [0, 0.05) is 24.7 Å². The highest BCUT2D eigenvalue weighted by molar-refractivity contribution is 6.31. The van der Waals surface area contributed by atoms with Gasteiger partial charge in [-0.2, -0.15) is 0 Å². The fourth-order valence-electron chi connectivity index (χ4n) is 2.01. The fraction of sp³-hybridized carbons (Fsp3) is 0.385. The summed E-state index contributed by atoms with van der Waals surface area (Å²) in [7, 11) is 3.44. The second-order valence-corrected chi connectivity index (χ2v) is 5.04. The first kappa shape index (κ1) is 13.8. The van der Waals surface area contributed by atoms with Crippen molar-refractivity contribution in [3.8, 4) is 0 Å². The van der Waals surface area contributed by atoms with Gasteiger partial charge in [0.2, 0.25) is 0 Å². The maximum Gasteiger partial charge on any atom is 0.331 e. The lowest BCUT2D eigenvalue weighted by molar-refractivity contribution is 0.483. The molecule has 0 saturated carbocycles.